The molecule has 0 aliphatic rings. The van der Waals surface area contributed by atoms with Gasteiger partial charge in [-0.1, -0.05) is 12.1 Å². The first-order valence-electron chi connectivity index (χ1n) is 6.06. The normalized spacial score (nSPS) is 13.5. The highest BCUT2D eigenvalue weighted by Crippen LogP contribution is 2.29. The average molecular weight is 238 g/mol. The summed E-state index contributed by atoms with van der Waals surface area (Å²) >= 11 is 0. The van der Waals surface area contributed by atoms with Crippen LogP contribution in [0, 0.1) is 0 Å². The zero-order valence-corrected chi connectivity index (χ0v) is 11.1. The van der Waals surface area contributed by atoms with Crippen LogP contribution in [0.25, 0.3) is 0 Å². The monoisotopic (exact) mass is 238 g/mol. The molecule has 0 fully saturated rings. The second-order valence-corrected chi connectivity index (χ2v) is 4.44. The van der Waals surface area contributed by atoms with Gasteiger partial charge in [-0.05, 0) is 45.4 Å². The van der Waals surface area contributed by atoms with E-state index in [-0.39, 0.29) is 0 Å². The number of hydrogen-bond acceptors (Lipinski definition) is 3. The highest BCUT2D eigenvalue weighted by atomic mass is 16.5. The molecule has 1 atom stereocenters. The van der Waals surface area contributed by atoms with E-state index in [0.29, 0.717) is 13.2 Å². The van der Waals surface area contributed by atoms with Crippen molar-refractivity contribution in [2.75, 3.05) is 13.2 Å². The largest absolute Gasteiger partial charge is 0.494 e. The molecule has 0 aliphatic carbocycles. The molecule has 1 unspecified atom stereocenters. The molecule has 0 spiro atoms. The molecule has 3 heteroatoms. The molecule has 0 aliphatic heterocycles. The zero-order chi connectivity index (χ0) is 12.9. The molecule has 0 heterocycles. The summed E-state index contributed by atoms with van der Waals surface area (Å²) in [5.74, 6) is 0.817. The van der Waals surface area contributed by atoms with Crippen LogP contribution in [0.1, 0.15) is 39.4 Å². The van der Waals surface area contributed by atoms with Crippen LogP contribution in [-0.2, 0) is 4.74 Å². The van der Waals surface area contributed by atoms with Gasteiger partial charge < -0.3 is 14.6 Å². The third kappa shape index (κ3) is 3.72. The fourth-order valence-electron chi connectivity index (χ4n) is 1.77. The van der Waals surface area contributed by atoms with Gasteiger partial charge in [0, 0.05) is 6.61 Å². The molecule has 0 saturated heterocycles. The van der Waals surface area contributed by atoms with Crippen molar-refractivity contribution in [3.63, 3.8) is 0 Å². The summed E-state index contributed by atoms with van der Waals surface area (Å²) in [6, 6.07) is 7.47. The summed E-state index contributed by atoms with van der Waals surface area (Å²) in [4.78, 5) is 0. The summed E-state index contributed by atoms with van der Waals surface area (Å²) in [5, 5.41) is 10.2. The summed E-state index contributed by atoms with van der Waals surface area (Å²) in [6.45, 7) is 8.87. The molecule has 0 bridgehead atoms. The lowest BCUT2D eigenvalue weighted by Gasteiger charge is -2.30. The van der Waals surface area contributed by atoms with Gasteiger partial charge in [0.1, 0.15) is 11.9 Å². The van der Waals surface area contributed by atoms with Crippen LogP contribution in [0.15, 0.2) is 24.3 Å². The van der Waals surface area contributed by atoms with Gasteiger partial charge in [-0.25, -0.2) is 0 Å². The van der Waals surface area contributed by atoms with Gasteiger partial charge >= 0.3 is 0 Å². The molecule has 1 aromatic rings. The second kappa shape index (κ2) is 6.03. The molecular formula is C14H22O3. The predicted octanol–water partition coefficient (Wildman–Crippen LogP) is 2.93. The van der Waals surface area contributed by atoms with Crippen molar-refractivity contribution in [3.8, 4) is 5.75 Å². The third-order valence-electron chi connectivity index (χ3n) is 2.68. The van der Waals surface area contributed by atoms with E-state index in [1.165, 1.54) is 0 Å². The molecule has 3 nitrogen and oxygen atoms in total. The average Bonchev–Trinajstić information content (AvgIpc) is 2.29. The van der Waals surface area contributed by atoms with Crippen molar-refractivity contribution in [2.45, 2.75) is 39.4 Å². The first-order valence-corrected chi connectivity index (χ1v) is 6.06. The number of rotatable bonds is 6. The predicted molar refractivity (Wildman–Crippen MR) is 68.3 cm³/mol. The van der Waals surface area contributed by atoms with Gasteiger partial charge in [-0.15, -0.1) is 0 Å². The number of aliphatic hydroxyl groups is 1. The van der Waals surface area contributed by atoms with E-state index in [2.05, 4.69) is 0 Å². The number of benzene rings is 1. The topological polar surface area (TPSA) is 38.7 Å². The van der Waals surface area contributed by atoms with Crippen molar-refractivity contribution in [1.82, 2.24) is 0 Å². The van der Waals surface area contributed by atoms with Gasteiger partial charge in [0.15, 0.2) is 0 Å². The molecule has 0 radical (unpaired) electrons. The van der Waals surface area contributed by atoms with E-state index in [4.69, 9.17) is 9.47 Å². The lowest BCUT2D eigenvalue weighted by molar-refractivity contribution is -0.0983. The lowest BCUT2D eigenvalue weighted by atomic mass is 9.94. The number of ether oxygens (including phenoxy) is 2. The Balaban J connectivity index is 2.78. The molecule has 1 aromatic carbocycles. The minimum Gasteiger partial charge on any atom is -0.494 e. The van der Waals surface area contributed by atoms with Gasteiger partial charge in [0.05, 0.1) is 12.2 Å². The molecule has 1 rings (SSSR count). The van der Waals surface area contributed by atoms with Crippen molar-refractivity contribution >= 4 is 0 Å². The third-order valence-corrected chi connectivity index (χ3v) is 2.68. The van der Waals surface area contributed by atoms with Crippen molar-refractivity contribution in [3.05, 3.63) is 29.8 Å². The van der Waals surface area contributed by atoms with Crippen molar-refractivity contribution in [2.24, 2.45) is 0 Å². The first kappa shape index (κ1) is 14.0. The second-order valence-electron chi connectivity index (χ2n) is 4.44. The van der Waals surface area contributed by atoms with E-state index in [1.807, 2.05) is 52.0 Å². The van der Waals surface area contributed by atoms with Crippen LogP contribution < -0.4 is 4.74 Å². The Bertz CT molecular complexity index is 330. The smallest absolute Gasteiger partial charge is 0.119 e. The Kier molecular flexibility index (Phi) is 4.97. The Morgan fingerprint density at radius 3 is 2.18 bits per heavy atom. The standard InChI is InChI=1S/C14H22O3/c1-5-16-12-9-7-11(8-10-12)13(15)14(3,4)17-6-2/h7-10,13,15H,5-6H2,1-4H3. The summed E-state index contributed by atoms with van der Waals surface area (Å²) in [5.41, 5.74) is 0.258. The molecular weight excluding hydrogens is 216 g/mol. The summed E-state index contributed by atoms with van der Waals surface area (Å²) in [6.07, 6.45) is -0.641. The Morgan fingerprint density at radius 2 is 1.71 bits per heavy atom. The van der Waals surface area contributed by atoms with Gasteiger partial charge in [0.25, 0.3) is 0 Å². The van der Waals surface area contributed by atoms with E-state index in [1.54, 1.807) is 0 Å². The minimum atomic E-state index is -0.641. The van der Waals surface area contributed by atoms with E-state index < -0.39 is 11.7 Å². The van der Waals surface area contributed by atoms with Crippen LogP contribution in [0.5, 0.6) is 5.75 Å². The number of aliphatic hydroxyl groups excluding tert-OH is 1. The highest BCUT2D eigenvalue weighted by Gasteiger charge is 2.29. The fourth-order valence-corrected chi connectivity index (χ4v) is 1.77. The summed E-state index contributed by atoms with van der Waals surface area (Å²) in [7, 11) is 0. The maximum Gasteiger partial charge on any atom is 0.119 e. The van der Waals surface area contributed by atoms with Crippen LogP contribution in [0.3, 0.4) is 0 Å². The Hall–Kier alpha value is -1.06. The first-order chi connectivity index (χ1) is 8.01. The molecule has 1 N–H and O–H groups in total. The van der Waals surface area contributed by atoms with E-state index >= 15 is 0 Å². The van der Waals surface area contributed by atoms with Crippen molar-refractivity contribution < 1.29 is 14.6 Å². The van der Waals surface area contributed by atoms with Crippen LogP contribution >= 0.6 is 0 Å². The Labute approximate surface area is 103 Å². The molecule has 0 aromatic heterocycles. The summed E-state index contributed by atoms with van der Waals surface area (Å²) < 4.78 is 10.9. The van der Waals surface area contributed by atoms with Gasteiger partial charge in [-0.2, -0.15) is 0 Å². The molecule has 0 amide bonds. The molecule has 17 heavy (non-hydrogen) atoms. The van der Waals surface area contributed by atoms with Crippen LogP contribution in [-0.4, -0.2) is 23.9 Å². The number of hydrogen-bond donors (Lipinski definition) is 1. The highest BCUT2D eigenvalue weighted by molar-refractivity contribution is 5.29. The van der Waals surface area contributed by atoms with Crippen LogP contribution in [0.4, 0.5) is 0 Å². The van der Waals surface area contributed by atoms with E-state index in [9.17, 15) is 5.11 Å². The van der Waals surface area contributed by atoms with Gasteiger partial charge in [-0.3, -0.25) is 0 Å². The maximum atomic E-state index is 10.2. The molecule has 0 saturated carbocycles. The fraction of sp³-hybridized carbons (Fsp3) is 0.571. The maximum absolute atomic E-state index is 10.2. The molecule has 96 valence electrons. The zero-order valence-electron chi connectivity index (χ0n) is 11.1. The quantitative estimate of drug-likeness (QED) is 0.828. The van der Waals surface area contributed by atoms with E-state index in [0.717, 1.165) is 11.3 Å². The lowest BCUT2D eigenvalue weighted by Crippen LogP contribution is -2.32. The van der Waals surface area contributed by atoms with Crippen molar-refractivity contribution in [1.29, 1.82) is 0 Å². The van der Waals surface area contributed by atoms with Gasteiger partial charge in [0.2, 0.25) is 0 Å². The SMILES string of the molecule is CCOc1ccc(C(O)C(C)(C)OCC)cc1. The Morgan fingerprint density at radius 1 is 1.12 bits per heavy atom. The minimum absolute atomic E-state index is 0.581. The van der Waals surface area contributed by atoms with Crippen LogP contribution in [0.2, 0.25) is 0 Å².